The maximum atomic E-state index is 10.2. The highest BCUT2D eigenvalue weighted by molar-refractivity contribution is 7.07. The molecule has 2 unspecified atom stereocenters. The van der Waals surface area contributed by atoms with Crippen LogP contribution in [0, 0.1) is 5.41 Å². The monoisotopic (exact) mass is 242 g/mol. The van der Waals surface area contributed by atoms with Gasteiger partial charge in [0.2, 0.25) is 0 Å². The van der Waals surface area contributed by atoms with Gasteiger partial charge in [0.1, 0.15) is 0 Å². The Balaban J connectivity index is 2.64. The van der Waals surface area contributed by atoms with E-state index in [1.807, 2.05) is 12.3 Å². The lowest BCUT2D eigenvalue weighted by Gasteiger charge is -2.34. The van der Waals surface area contributed by atoms with Crippen molar-refractivity contribution < 1.29 is 9.84 Å². The lowest BCUT2D eigenvalue weighted by atomic mass is 9.84. The number of hydrogen-bond acceptors (Lipinski definition) is 3. The Morgan fingerprint density at radius 3 is 2.56 bits per heavy atom. The molecule has 0 radical (unpaired) electrons. The Labute approximate surface area is 102 Å². The third-order valence-electron chi connectivity index (χ3n) is 2.57. The Kier molecular flexibility index (Phi) is 4.96. The van der Waals surface area contributed by atoms with Crippen LogP contribution in [0.15, 0.2) is 16.8 Å². The molecule has 0 saturated carbocycles. The first-order chi connectivity index (χ1) is 7.45. The topological polar surface area (TPSA) is 29.5 Å². The average Bonchev–Trinajstić information content (AvgIpc) is 2.64. The van der Waals surface area contributed by atoms with Crippen molar-refractivity contribution in [2.75, 3.05) is 6.61 Å². The van der Waals surface area contributed by atoms with E-state index in [0.717, 1.165) is 0 Å². The van der Waals surface area contributed by atoms with Crippen LogP contribution in [-0.2, 0) is 11.2 Å². The molecule has 0 saturated heterocycles. The lowest BCUT2D eigenvalue weighted by molar-refractivity contribution is -0.0873. The van der Waals surface area contributed by atoms with Gasteiger partial charge in [0.05, 0.1) is 12.2 Å². The predicted octanol–water partition coefficient (Wildman–Crippen LogP) is 3.10. The van der Waals surface area contributed by atoms with E-state index in [0.29, 0.717) is 13.0 Å². The van der Waals surface area contributed by atoms with Crippen molar-refractivity contribution in [2.45, 2.75) is 46.3 Å². The molecule has 0 aliphatic rings. The first-order valence-corrected chi connectivity index (χ1v) is 6.70. The van der Waals surface area contributed by atoms with Gasteiger partial charge < -0.3 is 9.84 Å². The van der Waals surface area contributed by atoms with Crippen molar-refractivity contribution in [1.29, 1.82) is 0 Å². The molecule has 3 heteroatoms. The molecule has 0 bridgehead atoms. The van der Waals surface area contributed by atoms with Gasteiger partial charge >= 0.3 is 0 Å². The molecule has 0 aromatic carbocycles. The normalized spacial score (nSPS) is 16.1. The van der Waals surface area contributed by atoms with Crippen molar-refractivity contribution in [3.8, 4) is 0 Å². The summed E-state index contributed by atoms with van der Waals surface area (Å²) in [6.07, 6.45) is 0.123. The van der Waals surface area contributed by atoms with E-state index in [9.17, 15) is 5.11 Å². The Hall–Kier alpha value is -0.380. The van der Waals surface area contributed by atoms with Crippen molar-refractivity contribution in [3.05, 3.63) is 22.4 Å². The van der Waals surface area contributed by atoms with Gasteiger partial charge in [-0.15, -0.1) is 0 Å². The molecule has 0 amide bonds. The fourth-order valence-corrected chi connectivity index (χ4v) is 2.56. The molecular weight excluding hydrogens is 220 g/mol. The predicted molar refractivity (Wildman–Crippen MR) is 68.9 cm³/mol. The molecule has 0 aliphatic carbocycles. The van der Waals surface area contributed by atoms with Crippen LogP contribution in [-0.4, -0.2) is 23.9 Å². The number of aliphatic hydroxyl groups excluding tert-OH is 1. The van der Waals surface area contributed by atoms with Crippen LogP contribution in [0.3, 0.4) is 0 Å². The summed E-state index contributed by atoms with van der Waals surface area (Å²) in [7, 11) is 0. The average molecular weight is 242 g/mol. The van der Waals surface area contributed by atoms with Crippen LogP contribution >= 0.6 is 11.3 Å². The molecule has 1 rings (SSSR count). The molecule has 1 N–H and O–H groups in total. The van der Waals surface area contributed by atoms with E-state index < -0.39 is 6.10 Å². The van der Waals surface area contributed by atoms with Gasteiger partial charge in [-0.25, -0.2) is 0 Å². The number of rotatable bonds is 5. The van der Waals surface area contributed by atoms with Gasteiger partial charge in [0.15, 0.2) is 0 Å². The van der Waals surface area contributed by atoms with Crippen LogP contribution in [0.5, 0.6) is 0 Å². The van der Waals surface area contributed by atoms with E-state index in [-0.39, 0.29) is 11.5 Å². The summed E-state index contributed by atoms with van der Waals surface area (Å²) >= 11 is 1.66. The van der Waals surface area contributed by atoms with Crippen molar-refractivity contribution >= 4 is 11.3 Å². The van der Waals surface area contributed by atoms with Crippen LogP contribution in [0.4, 0.5) is 0 Å². The quantitative estimate of drug-likeness (QED) is 0.859. The zero-order valence-electron chi connectivity index (χ0n) is 10.6. The van der Waals surface area contributed by atoms with E-state index in [2.05, 4.69) is 32.2 Å². The fraction of sp³-hybridized carbons (Fsp3) is 0.692. The molecular formula is C13H22O2S. The SMILES string of the molecule is CCOC(C(O)Cc1ccsc1)C(C)(C)C. The third kappa shape index (κ3) is 3.89. The van der Waals surface area contributed by atoms with Gasteiger partial charge in [0, 0.05) is 13.0 Å². The first-order valence-electron chi connectivity index (χ1n) is 5.76. The van der Waals surface area contributed by atoms with Crippen LogP contribution in [0.2, 0.25) is 0 Å². The minimum Gasteiger partial charge on any atom is -0.390 e. The number of thiophene rings is 1. The maximum Gasteiger partial charge on any atom is 0.0885 e. The van der Waals surface area contributed by atoms with Crippen LogP contribution < -0.4 is 0 Å². The largest absolute Gasteiger partial charge is 0.390 e. The molecule has 2 atom stereocenters. The molecule has 0 aliphatic heterocycles. The Morgan fingerprint density at radius 1 is 1.44 bits per heavy atom. The summed E-state index contributed by atoms with van der Waals surface area (Å²) in [5.74, 6) is 0. The summed E-state index contributed by atoms with van der Waals surface area (Å²) in [6.45, 7) is 8.91. The maximum absolute atomic E-state index is 10.2. The van der Waals surface area contributed by atoms with Crippen molar-refractivity contribution in [2.24, 2.45) is 5.41 Å². The molecule has 16 heavy (non-hydrogen) atoms. The molecule has 1 heterocycles. The summed E-state index contributed by atoms with van der Waals surface area (Å²) in [4.78, 5) is 0. The van der Waals surface area contributed by atoms with Gasteiger partial charge in [-0.05, 0) is 34.7 Å². The molecule has 1 aromatic rings. The number of hydrogen-bond donors (Lipinski definition) is 1. The molecule has 0 fully saturated rings. The Morgan fingerprint density at radius 2 is 2.12 bits per heavy atom. The van der Waals surface area contributed by atoms with Crippen LogP contribution in [0.1, 0.15) is 33.3 Å². The summed E-state index contributed by atoms with van der Waals surface area (Å²) in [5, 5.41) is 14.3. The van der Waals surface area contributed by atoms with Crippen molar-refractivity contribution in [1.82, 2.24) is 0 Å². The fourth-order valence-electron chi connectivity index (χ4n) is 1.88. The van der Waals surface area contributed by atoms with E-state index in [4.69, 9.17) is 4.74 Å². The first kappa shape index (κ1) is 13.7. The number of ether oxygens (including phenoxy) is 1. The zero-order valence-corrected chi connectivity index (χ0v) is 11.4. The Bertz CT molecular complexity index is 287. The molecule has 2 nitrogen and oxygen atoms in total. The minimum atomic E-state index is -0.436. The second kappa shape index (κ2) is 5.80. The van der Waals surface area contributed by atoms with Crippen molar-refractivity contribution in [3.63, 3.8) is 0 Å². The van der Waals surface area contributed by atoms with E-state index >= 15 is 0 Å². The second-order valence-corrected chi connectivity index (χ2v) is 5.93. The van der Waals surface area contributed by atoms with Gasteiger partial charge in [-0.2, -0.15) is 11.3 Å². The second-order valence-electron chi connectivity index (χ2n) is 5.15. The van der Waals surface area contributed by atoms with Gasteiger partial charge in [-0.3, -0.25) is 0 Å². The van der Waals surface area contributed by atoms with Gasteiger partial charge in [0.25, 0.3) is 0 Å². The summed E-state index contributed by atoms with van der Waals surface area (Å²) in [5.41, 5.74) is 1.15. The molecule has 92 valence electrons. The van der Waals surface area contributed by atoms with Crippen LogP contribution in [0.25, 0.3) is 0 Å². The van der Waals surface area contributed by atoms with Gasteiger partial charge in [-0.1, -0.05) is 20.8 Å². The van der Waals surface area contributed by atoms with E-state index in [1.165, 1.54) is 5.56 Å². The lowest BCUT2D eigenvalue weighted by Crippen LogP contribution is -2.41. The molecule has 1 aromatic heterocycles. The third-order valence-corrected chi connectivity index (χ3v) is 3.31. The summed E-state index contributed by atoms with van der Waals surface area (Å²) in [6, 6.07) is 2.06. The highest BCUT2D eigenvalue weighted by atomic mass is 32.1. The standard InChI is InChI=1S/C13H22O2S/c1-5-15-12(13(2,3)4)11(14)8-10-6-7-16-9-10/h6-7,9,11-12,14H,5,8H2,1-4H3. The van der Waals surface area contributed by atoms with E-state index in [1.54, 1.807) is 11.3 Å². The smallest absolute Gasteiger partial charge is 0.0885 e. The zero-order chi connectivity index (χ0) is 12.2. The number of aliphatic hydroxyl groups is 1. The highest BCUT2D eigenvalue weighted by Crippen LogP contribution is 2.27. The molecule has 0 spiro atoms. The summed E-state index contributed by atoms with van der Waals surface area (Å²) < 4.78 is 5.67. The minimum absolute atomic E-state index is 0.0363. The highest BCUT2D eigenvalue weighted by Gasteiger charge is 2.31.